The molecule has 0 aromatic rings. The molecule has 0 aromatic carbocycles. The number of thioether (sulfide) groups is 1. The quantitative estimate of drug-likeness (QED) is 0.740. The van der Waals surface area contributed by atoms with Gasteiger partial charge in [-0.15, -0.1) is 0 Å². The average Bonchev–Trinajstić information content (AvgIpc) is 3.27. The zero-order chi connectivity index (χ0) is 18.0. The molecule has 5 atom stereocenters. The highest BCUT2D eigenvalue weighted by Crippen LogP contribution is 2.38. The lowest BCUT2D eigenvalue weighted by atomic mass is 9.99. The van der Waals surface area contributed by atoms with Gasteiger partial charge in [0.05, 0.1) is 0 Å². The van der Waals surface area contributed by atoms with Crippen LogP contribution in [0.2, 0.25) is 0 Å². The molecule has 0 radical (unpaired) electrons. The Labute approximate surface area is 152 Å². The number of fused-ring (bicyclic) bond motifs is 1. The van der Waals surface area contributed by atoms with Crippen molar-refractivity contribution in [2.75, 3.05) is 32.8 Å². The van der Waals surface area contributed by atoms with Crippen LogP contribution in [0.1, 0.15) is 26.7 Å². The number of hydrogen-bond donors (Lipinski definition) is 2. The van der Waals surface area contributed by atoms with Gasteiger partial charge >= 0.3 is 6.09 Å². The first kappa shape index (κ1) is 18.8. The highest BCUT2D eigenvalue weighted by Gasteiger charge is 2.49. The summed E-state index contributed by atoms with van der Waals surface area (Å²) >= 11 is 1.48. The minimum Gasteiger partial charge on any atom is -0.447 e. The topological polar surface area (TPSA) is 94.8 Å². The van der Waals surface area contributed by atoms with E-state index < -0.39 is 30.4 Å². The Balaban J connectivity index is 1.58. The van der Waals surface area contributed by atoms with Crippen LogP contribution in [0, 0.1) is 0 Å². The Morgan fingerprint density at radius 2 is 2.00 bits per heavy atom. The maximum absolute atomic E-state index is 12.0. The van der Waals surface area contributed by atoms with E-state index >= 15 is 0 Å². The first-order valence-corrected chi connectivity index (χ1v) is 9.85. The molecule has 0 unspecified atom stereocenters. The second-order valence-corrected chi connectivity index (χ2v) is 7.55. The van der Waals surface area contributed by atoms with Crippen LogP contribution < -0.4 is 0 Å². The normalized spacial score (nSPS) is 34.6. The van der Waals surface area contributed by atoms with Crippen LogP contribution in [0.25, 0.3) is 0 Å². The van der Waals surface area contributed by atoms with Gasteiger partial charge in [-0.2, -0.15) is 0 Å². The number of likely N-dealkylation sites (tertiary alicyclic amines) is 1. The summed E-state index contributed by atoms with van der Waals surface area (Å²) in [6.07, 6.45) is -1.06. The van der Waals surface area contributed by atoms with Crippen molar-refractivity contribution in [1.82, 2.24) is 9.80 Å². The van der Waals surface area contributed by atoms with Crippen molar-refractivity contribution < 1.29 is 24.5 Å². The summed E-state index contributed by atoms with van der Waals surface area (Å²) in [6.45, 7) is 6.70. The van der Waals surface area contributed by atoms with Crippen LogP contribution in [0.4, 0.5) is 4.79 Å². The van der Waals surface area contributed by atoms with Gasteiger partial charge in [-0.3, -0.25) is 4.99 Å². The zero-order valence-corrected chi connectivity index (χ0v) is 15.5. The fraction of sp³-hybridized carbons (Fsp3) is 0.875. The van der Waals surface area contributed by atoms with Crippen LogP contribution in [0.15, 0.2) is 4.99 Å². The van der Waals surface area contributed by atoms with Crippen LogP contribution in [0.3, 0.4) is 0 Å². The zero-order valence-electron chi connectivity index (χ0n) is 14.7. The third-order valence-corrected chi connectivity index (χ3v) is 6.12. The average molecular weight is 373 g/mol. The van der Waals surface area contributed by atoms with Gasteiger partial charge in [0, 0.05) is 26.2 Å². The number of hydrogen-bond acceptors (Lipinski definition) is 8. The molecular weight excluding hydrogens is 346 g/mol. The molecule has 2 fully saturated rings. The van der Waals surface area contributed by atoms with Crippen LogP contribution in [-0.4, -0.2) is 93.8 Å². The summed E-state index contributed by atoms with van der Waals surface area (Å²) in [4.78, 5) is 20.3. The number of aliphatic hydroxyl groups excluding tert-OH is 2. The Morgan fingerprint density at radius 3 is 2.64 bits per heavy atom. The van der Waals surface area contributed by atoms with Gasteiger partial charge in [-0.1, -0.05) is 11.8 Å². The molecule has 0 aliphatic carbocycles. The van der Waals surface area contributed by atoms with E-state index in [9.17, 15) is 15.0 Å². The smallest absolute Gasteiger partial charge is 0.409 e. The lowest BCUT2D eigenvalue weighted by Crippen LogP contribution is -2.56. The van der Waals surface area contributed by atoms with Gasteiger partial charge in [0.1, 0.15) is 36.4 Å². The monoisotopic (exact) mass is 373 g/mol. The van der Waals surface area contributed by atoms with Gasteiger partial charge < -0.3 is 29.5 Å². The Hall–Kier alpha value is -1.03. The summed E-state index contributed by atoms with van der Waals surface area (Å²) < 4.78 is 11.1. The summed E-state index contributed by atoms with van der Waals surface area (Å²) in [7, 11) is 0. The Bertz CT molecular complexity index is 510. The number of amidine groups is 1. The van der Waals surface area contributed by atoms with E-state index in [0.717, 1.165) is 31.1 Å². The van der Waals surface area contributed by atoms with E-state index in [2.05, 4.69) is 9.89 Å². The van der Waals surface area contributed by atoms with Crippen LogP contribution in [0.5, 0.6) is 0 Å². The van der Waals surface area contributed by atoms with E-state index in [-0.39, 0.29) is 12.0 Å². The molecule has 3 heterocycles. The van der Waals surface area contributed by atoms with E-state index in [0.29, 0.717) is 13.1 Å². The van der Waals surface area contributed by atoms with Gasteiger partial charge in [-0.05, 0) is 26.7 Å². The molecule has 0 aromatic heterocycles. The highest BCUT2D eigenvalue weighted by molar-refractivity contribution is 8.14. The first-order chi connectivity index (χ1) is 12.0. The number of rotatable bonds is 4. The molecule has 2 N–H and O–H groups in total. The molecule has 2 saturated heterocycles. The molecule has 0 saturated carbocycles. The van der Waals surface area contributed by atoms with Crippen molar-refractivity contribution in [1.29, 1.82) is 0 Å². The summed E-state index contributed by atoms with van der Waals surface area (Å²) in [6, 6.07) is -0.481. The molecule has 8 nitrogen and oxygen atoms in total. The number of amides is 1. The summed E-state index contributed by atoms with van der Waals surface area (Å²) in [5.74, 6) is 0. The third kappa shape index (κ3) is 3.89. The maximum atomic E-state index is 12.0. The predicted molar refractivity (Wildman–Crippen MR) is 94.6 cm³/mol. The molecular formula is C16H27N3O5S. The molecule has 142 valence electrons. The molecule has 0 spiro atoms. The number of carbonyl (C=O) groups is 1. The fourth-order valence-corrected chi connectivity index (χ4v) is 4.62. The molecule has 3 aliphatic rings. The molecule has 25 heavy (non-hydrogen) atoms. The van der Waals surface area contributed by atoms with E-state index in [1.54, 1.807) is 4.90 Å². The molecule has 3 aliphatic heterocycles. The second kappa shape index (κ2) is 8.11. The number of ether oxygens (including phenoxy) is 2. The van der Waals surface area contributed by atoms with Crippen LogP contribution >= 0.6 is 11.8 Å². The van der Waals surface area contributed by atoms with Gasteiger partial charge in [0.2, 0.25) is 0 Å². The van der Waals surface area contributed by atoms with Crippen molar-refractivity contribution in [2.45, 2.75) is 56.5 Å². The van der Waals surface area contributed by atoms with E-state index in [1.165, 1.54) is 11.8 Å². The summed E-state index contributed by atoms with van der Waals surface area (Å²) in [5, 5.41) is 21.6. The van der Waals surface area contributed by atoms with Gasteiger partial charge in [0.25, 0.3) is 0 Å². The van der Waals surface area contributed by atoms with Crippen molar-refractivity contribution in [3.63, 3.8) is 0 Å². The van der Waals surface area contributed by atoms with Crippen molar-refractivity contribution in [3.8, 4) is 0 Å². The van der Waals surface area contributed by atoms with Gasteiger partial charge in [0.15, 0.2) is 5.17 Å². The van der Waals surface area contributed by atoms with Crippen molar-refractivity contribution in [2.24, 2.45) is 4.99 Å². The lowest BCUT2D eigenvalue weighted by molar-refractivity contribution is -0.165. The molecule has 1 amide bonds. The highest BCUT2D eigenvalue weighted by atomic mass is 32.2. The van der Waals surface area contributed by atoms with Crippen molar-refractivity contribution in [3.05, 3.63) is 0 Å². The largest absolute Gasteiger partial charge is 0.447 e. The Kier molecular flexibility index (Phi) is 6.08. The number of carbonyl (C=O) groups excluding carboxylic acids is 1. The molecule has 3 rings (SSSR count). The Morgan fingerprint density at radius 1 is 1.32 bits per heavy atom. The minimum atomic E-state index is -1.13. The second-order valence-electron chi connectivity index (χ2n) is 6.49. The maximum Gasteiger partial charge on any atom is 0.409 e. The van der Waals surface area contributed by atoms with E-state index in [4.69, 9.17) is 9.47 Å². The number of nitrogens with zero attached hydrogens (tertiary/aromatic N) is 3. The predicted octanol–water partition coefficient (Wildman–Crippen LogP) is 0.479. The molecule has 9 heteroatoms. The minimum absolute atomic E-state index is 0.0869. The lowest BCUT2D eigenvalue weighted by Gasteiger charge is -2.38. The standard InChI is InChI=1S/C16H27N3O5S/c1-3-18(4-2)16(22)23-9-10-12(20)13(21)11-14(24-10)25-15(17-11)19-7-5-6-8-19/h10-14,20-21H,3-9H2,1-2H3/t10-,11-,12+,13-,14-/m1/s1. The third-order valence-electron chi connectivity index (χ3n) is 4.92. The summed E-state index contributed by atoms with van der Waals surface area (Å²) in [5.41, 5.74) is -0.355. The van der Waals surface area contributed by atoms with Crippen molar-refractivity contribution >= 4 is 23.0 Å². The number of aliphatic imine (C=N–C) groups is 1. The fourth-order valence-electron chi connectivity index (χ4n) is 3.34. The molecule has 0 bridgehead atoms. The first-order valence-electron chi connectivity index (χ1n) is 8.97. The number of aliphatic hydroxyl groups is 2. The van der Waals surface area contributed by atoms with Gasteiger partial charge in [-0.25, -0.2) is 4.79 Å². The SMILES string of the molecule is CCN(CC)C(=O)OC[C@H]1O[C@@H]2SC(N3CCCC3)=N[C@@H]2[C@@H](O)[C@H]1O. The van der Waals surface area contributed by atoms with Crippen LogP contribution in [-0.2, 0) is 9.47 Å². The van der Waals surface area contributed by atoms with E-state index in [1.807, 2.05) is 13.8 Å².